The summed E-state index contributed by atoms with van der Waals surface area (Å²) in [7, 11) is 0. The fourth-order valence-electron chi connectivity index (χ4n) is 4.66. The molecule has 0 saturated carbocycles. The Morgan fingerprint density at radius 1 is 0.474 bits per heavy atom. The number of ether oxygens (including phenoxy) is 2. The monoisotopic (exact) mass is 512 g/mol. The Labute approximate surface area is 220 Å². The first kappa shape index (κ1) is 25.2. The molecule has 0 aromatic heterocycles. The summed E-state index contributed by atoms with van der Waals surface area (Å²) in [5.41, 5.74) is 0.0294. The summed E-state index contributed by atoms with van der Waals surface area (Å²) in [6.07, 6.45) is 0. The third kappa shape index (κ3) is 4.22. The van der Waals surface area contributed by atoms with Crippen LogP contribution in [0.5, 0.6) is 23.0 Å². The van der Waals surface area contributed by atoms with Crippen molar-refractivity contribution in [2.45, 2.75) is 52.6 Å². The van der Waals surface area contributed by atoms with Gasteiger partial charge in [0, 0.05) is 17.1 Å². The quantitative estimate of drug-likeness (QED) is 0.395. The van der Waals surface area contributed by atoms with Crippen molar-refractivity contribution >= 4 is 23.6 Å². The molecule has 5 rings (SSSR count). The average molecular weight is 513 g/mol. The molecule has 3 aromatic carbocycles. The number of nitrogens with zero attached hydrogens (tertiary/aromatic N) is 2. The van der Waals surface area contributed by atoms with Gasteiger partial charge < -0.3 is 9.47 Å². The average Bonchev–Trinajstić information content (AvgIpc) is 3.22. The second kappa shape index (κ2) is 8.55. The Morgan fingerprint density at radius 3 is 1.18 bits per heavy atom. The molecule has 8 nitrogen and oxygen atoms in total. The molecule has 0 aliphatic carbocycles. The lowest BCUT2D eigenvalue weighted by Gasteiger charge is -2.29. The van der Waals surface area contributed by atoms with Crippen LogP contribution in [-0.2, 0) is 0 Å². The van der Waals surface area contributed by atoms with Crippen LogP contribution in [0, 0.1) is 0 Å². The van der Waals surface area contributed by atoms with E-state index in [1.165, 1.54) is 9.80 Å². The van der Waals surface area contributed by atoms with Crippen molar-refractivity contribution in [2.24, 2.45) is 0 Å². The van der Waals surface area contributed by atoms with Gasteiger partial charge >= 0.3 is 0 Å². The van der Waals surface area contributed by atoms with Crippen LogP contribution in [0.3, 0.4) is 0 Å². The fourth-order valence-corrected chi connectivity index (χ4v) is 4.66. The maximum Gasteiger partial charge on any atom is 0.262 e. The highest BCUT2D eigenvalue weighted by atomic mass is 16.5. The van der Waals surface area contributed by atoms with Gasteiger partial charge in [-0.1, -0.05) is 6.07 Å². The number of carbonyl (C=O) groups excluding carboxylic acids is 4. The van der Waals surface area contributed by atoms with Gasteiger partial charge in [0.05, 0.1) is 22.3 Å². The third-order valence-corrected chi connectivity index (χ3v) is 6.33. The Morgan fingerprint density at radius 2 is 0.816 bits per heavy atom. The van der Waals surface area contributed by atoms with E-state index in [1.807, 2.05) is 41.5 Å². The molecule has 4 amide bonds. The summed E-state index contributed by atoms with van der Waals surface area (Å²) in [4.78, 5) is 53.7. The largest absolute Gasteiger partial charge is 0.457 e. The van der Waals surface area contributed by atoms with E-state index in [-0.39, 0.29) is 23.6 Å². The zero-order chi connectivity index (χ0) is 27.6. The lowest BCUT2D eigenvalue weighted by atomic mass is 10.1. The first-order valence-corrected chi connectivity index (χ1v) is 12.3. The van der Waals surface area contributed by atoms with E-state index in [9.17, 15) is 19.2 Å². The maximum absolute atomic E-state index is 12.9. The minimum Gasteiger partial charge on any atom is -0.457 e. The van der Waals surface area contributed by atoms with Gasteiger partial charge in [0.2, 0.25) is 0 Å². The van der Waals surface area contributed by atoms with E-state index in [0.29, 0.717) is 45.3 Å². The van der Waals surface area contributed by atoms with Gasteiger partial charge in [-0.3, -0.25) is 29.0 Å². The molecule has 3 aromatic rings. The second-order valence-corrected chi connectivity index (χ2v) is 11.3. The number of carbonyl (C=O) groups is 4. The minimum atomic E-state index is -0.639. The normalized spacial score (nSPS) is 15.2. The summed E-state index contributed by atoms with van der Waals surface area (Å²) in [5.74, 6) is 0.378. The first-order valence-electron chi connectivity index (χ1n) is 12.3. The van der Waals surface area contributed by atoms with Gasteiger partial charge in [0.1, 0.15) is 23.0 Å². The van der Waals surface area contributed by atoms with Gasteiger partial charge in [-0.25, -0.2) is 0 Å². The lowest BCUT2D eigenvalue weighted by Crippen LogP contribution is -2.45. The van der Waals surface area contributed by atoms with Crippen LogP contribution in [0.1, 0.15) is 83.0 Å². The van der Waals surface area contributed by atoms with Crippen molar-refractivity contribution in [3.05, 3.63) is 82.9 Å². The first-order chi connectivity index (χ1) is 17.8. The number of hydrogen-bond donors (Lipinski definition) is 0. The molecule has 0 N–H and O–H groups in total. The molecule has 2 aliphatic rings. The Hall–Kier alpha value is -4.46. The Kier molecular flexibility index (Phi) is 5.67. The molecule has 0 saturated heterocycles. The summed E-state index contributed by atoms with van der Waals surface area (Å²) in [6, 6.07) is 16.5. The molecule has 2 aliphatic heterocycles. The molecule has 8 heteroatoms. The van der Waals surface area contributed by atoms with Gasteiger partial charge in [-0.15, -0.1) is 0 Å². The van der Waals surface area contributed by atoms with Crippen molar-refractivity contribution in [1.29, 1.82) is 0 Å². The number of hydrogen-bond acceptors (Lipinski definition) is 6. The summed E-state index contributed by atoms with van der Waals surface area (Å²) < 4.78 is 12.0. The van der Waals surface area contributed by atoms with E-state index < -0.39 is 11.1 Å². The van der Waals surface area contributed by atoms with Crippen molar-refractivity contribution < 1.29 is 28.7 Å². The van der Waals surface area contributed by atoms with Crippen LogP contribution in [0.2, 0.25) is 0 Å². The van der Waals surface area contributed by atoms with Crippen LogP contribution in [0.15, 0.2) is 60.7 Å². The van der Waals surface area contributed by atoms with Crippen molar-refractivity contribution in [3.63, 3.8) is 0 Å². The predicted molar refractivity (Wildman–Crippen MR) is 140 cm³/mol. The van der Waals surface area contributed by atoms with E-state index in [0.717, 1.165) is 0 Å². The highest BCUT2D eigenvalue weighted by Gasteiger charge is 2.43. The zero-order valence-corrected chi connectivity index (χ0v) is 22.1. The maximum atomic E-state index is 12.9. The SMILES string of the molecule is CC(C)(C)N1C(=O)c2ccc(Oc3cccc(Oc4ccc5c(c4)C(=O)N(C(C)(C)C)C5=O)c3)cc2C1=O. The molecule has 0 bridgehead atoms. The van der Waals surface area contributed by atoms with Gasteiger partial charge in [-0.2, -0.15) is 0 Å². The van der Waals surface area contributed by atoms with E-state index in [4.69, 9.17) is 9.47 Å². The Bertz CT molecular complexity index is 1420. The minimum absolute atomic E-state index is 0.302. The number of fused-ring (bicyclic) bond motifs is 2. The summed E-state index contributed by atoms with van der Waals surface area (Å²) >= 11 is 0. The van der Waals surface area contributed by atoms with Crippen molar-refractivity contribution in [1.82, 2.24) is 9.80 Å². The molecule has 0 unspecified atom stereocenters. The number of amides is 4. The van der Waals surface area contributed by atoms with Crippen LogP contribution < -0.4 is 9.47 Å². The summed E-state index contributed by atoms with van der Waals surface area (Å²) in [6.45, 7) is 10.9. The lowest BCUT2D eigenvalue weighted by molar-refractivity contribution is 0.0489. The zero-order valence-electron chi connectivity index (χ0n) is 22.1. The van der Waals surface area contributed by atoms with Gasteiger partial charge in [0.25, 0.3) is 23.6 Å². The molecule has 0 atom stereocenters. The van der Waals surface area contributed by atoms with Crippen LogP contribution in [-0.4, -0.2) is 44.5 Å². The highest BCUT2D eigenvalue weighted by Crippen LogP contribution is 2.36. The second-order valence-electron chi connectivity index (χ2n) is 11.3. The molecular formula is C30H28N2O6. The molecular weight excluding hydrogens is 484 g/mol. The number of rotatable bonds is 4. The Balaban J connectivity index is 1.35. The van der Waals surface area contributed by atoms with Gasteiger partial charge in [0.15, 0.2) is 0 Å². The van der Waals surface area contributed by atoms with Crippen molar-refractivity contribution in [2.75, 3.05) is 0 Å². The smallest absolute Gasteiger partial charge is 0.262 e. The number of imide groups is 2. The van der Waals surface area contributed by atoms with Crippen LogP contribution >= 0.6 is 0 Å². The van der Waals surface area contributed by atoms with Crippen LogP contribution in [0.4, 0.5) is 0 Å². The molecule has 0 fully saturated rings. The molecule has 0 spiro atoms. The topological polar surface area (TPSA) is 93.2 Å². The predicted octanol–water partition coefficient (Wildman–Crippen LogP) is 6.06. The van der Waals surface area contributed by atoms with E-state index >= 15 is 0 Å². The standard InChI is InChI=1S/C30H28N2O6/c1-29(2,3)31-25(33)21-12-10-19(15-23(21)27(31)35)37-17-8-7-9-18(14-17)38-20-11-13-22-24(16-20)28(36)32(26(22)34)30(4,5)6/h7-16H,1-6H3. The summed E-state index contributed by atoms with van der Waals surface area (Å²) in [5, 5.41) is 0. The molecule has 194 valence electrons. The number of benzene rings is 3. The van der Waals surface area contributed by atoms with E-state index in [1.54, 1.807) is 60.7 Å². The highest BCUT2D eigenvalue weighted by molar-refractivity contribution is 6.22. The van der Waals surface area contributed by atoms with E-state index in [2.05, 4.69) is 0 Å². The molecule has 0 radical (unpaired) electrons. The fraction of sp³-hybridized carbons (Fsp3) is 0.267. The van der Waals surface area contributed by atoms with Crippen LogP contribution in [0.25, 0.3) is 0 Å². The van der Waals surface area contributed by atoms with Gasteiger partial charge in [-0.05, 0) is 90.1 Å². The molecule has 2 heterocycles. The molecule has 38 heavy (non-hydrogen) atoms. The third-order valence-electron chi connectivity index (χ3n) is 6.33. The van der Waals surface area contributed by atoms with Crippen molar-refractivity contribution in [3.8, 4) is 23.0 Å².